The largest absolute Gasteiger partial charge is 0.487 e. The molecule has 7 nitrogen and oxygen atoms in total. The van der Waals surface area contributed by atoms with Crippen LogP contribution in [0, 0.1) is 0 Å². The van der Waals surface area contributed by atoms with E-state index in [0.29, 0.717) is 12.4 Å². The Morgan fingerprint density at radius 1 is 1.06 bits per heavy atom. The van der Waals surface area contributed by atoms with Crippen molar-refractivity contribution in [3.63, 3.8) is 0 Å². The van der Waals surface area contributed by atoms with Crippen molar-refractivity contribution in [2.75, 3.05) is 36.5 Å². The van der Waals surface area contributed by atoms with Gasteiger partial charge in [-0.05, 0) is 48.0 Å². The number of ether oxygens (including phenoxy) is 2. The Kier molecular flexibility index (Phi) is 6.87. The Morgan fingerprint density at radius 3 is 2.61 bits per heavy atom. The Labute approximate surface area is 181 Å². The summed E-state index contributed by atoms with van der Waals surface area (Å²) in [4.78, 5) is 23.0. The first-order valence-corrected chi connectivity index (χ1v) is 10.2. The van der Waals surface area contributed by atoms with E-state index in [1.54, 1.807) is 18.5 Å². The van der Waals surface area contributed by atoms with E-state index in [9.17, 15) is 4.79 Å². The Balaban J connectivity index is 1.26. The second kappa shape index (κ2) is 10.4. The highest BCUT2D eigenvalue weighted by molar-refractivity contribution is 6.01. The highest BCUT2D eigenvalue weighted by Gasteiger charge is 2.11. The van der Waals surface area contributed by atoms with Crippen LogP contribution < -0.4 is 15.0 Å². The number of morpholine rings is 1. The summed E-state index contributed by atoms with van der Waals surface area (Å²) < 4.78 is 11.1. The molecule has 1 amide bonds. The Hall–Kier alpha value is -3.71. The number of hydrogen-bond donors (Lipinski definition) is 1. The van der Waals surface area contributed by atoms with Crippen molar-refractivity contribution in [1.82, 2.24) is 9.97 Å². The molecule has 3 heterocycles. The third-order valence-corrected chi connectivity index (χ3v) is 4.80. The smallest absolute Gasteiger partial charge is 0.249 e. The van der Waals surface area contributed by atoms with Crippen LogP contribution in [0.25, 0.3) is 6.08 Å². The number of rotatable bonds is 7. The van der Waals surface area contributed by atoms with E-state index >= 15 is 0 Å². The van der Waals surface area contributed by atoms with Gasteiger partial charge in [0, 0.05) is 25.4 Å². The third kappa shape index (κ3) is 6.13. The SMILES string of the molecule is O=C(/C=C/c1ccc(OCc2ccccn2)cc1)Nc1ccc(N2CCOCC2)cn1. The molecular formula is C24H24N4O3. The second-order valence-corrected chi connectivity index (χ2v) is 7.00. The number of pyridine rings is 2. The van der Waals surface area contributed by atoms with Crippen LogP contribution in [0.15, 0.2) is 73.1 Å². The lowest BCUT2D eigenvalue weighted by Crippen LogP contribution is -2.36. The Morgan fingerprint density at radius 2 is 1.90 bits per heavy atom. The maximum atomic E-state index is 12.2. The molecule has 0 saturated carbocycles. The zero-order chi connectivity index (χ0) is 21.3. The molecule has 1 saturated heterocycles. The summed E-state index contributed by atoms with van der Waals surface area (Å²) in [6.45, 7) is 3.56. The van der Waals surface area contributed by atoms with E-state index in [4.69, 9.17) is 9.47 Å². The van der Waals surface area contributed by atoms with Crippen molar-refractivity contribution < 1.29 is 14.3 Å². The van der Waals surface area contributed by atoms with E-state index in [-0.39, 0.29) is 5.91 Å². The van der Waals surface area contributed by atoms with E-state index in [1.165, 1.54) is 6.08 Å². The fourth-order valence-corrected chi connectivity index (χ4v) is 3.12. The van der Waals surface area contributed by atoms with Gasteiger partial charge in [0.1, 0.15) is 18.2 Å². The predicted octanol–water partition coefficient (Wildman–Crippen LogP) is 3.54. The van der Waals surface area contributed by atoms with Gasteiger partial charge in [0.05, 0.1) is 30.8 Å². The van der Waals surface area contributed by atoms with Gasteiger partial charge in [0.25, 0.3) is 0 Å². The lowest BCUT2D eigenvalue weighted by Gasteiger charge is -2.28. The van der Waals surface area contributed by atoms with Gasteiger partial charge in [-0.25, -0.2) is 4.98 Å². The van der Waals surface area contributed by atoms with Crippen molar-refractivity contribution in [1.29, 1.82) is 0 Å². The number of hydrogen-bond acceptors (Lipinski definition) is 6. The molecule has 1 fully saturated rings. The molecule has 0 bridgehead atoms. The molecule has 4 rings (SSSR count). The van der Waals surface area contributed by atoms with E-state index in [0.717, 1.165) is 49.0 Å². The van der Waals surface area contributed by atoms with Gasteiger partial charge in [0.2, 0.25) is 5.91 Å². The molecule has 158 valence electrons. The number of nitrogens with zero attached hydrogens (tertiary/aromatic N) is 3. The molecule has 0 unspecified atom stereocenters. The van der Waals surface area contributed by atoms with Gasteiger partial charge in [-0.3, -0.25) is 9.78 Å². The highest BCUT2D eigenvalue weighted by Crippen LogP contribution is 2.17. The van der Waals surface area contributed by atoms with Crippen LogP contribution >= 0.6 is 0 Å². The summed E-state index contributed by atoms with van der Waals surface area (Å²) in [6, 6.07) is 17.0. The van der Waals surface area contributed by atoms with Crippen LogP contribution in [0.1, 0.15) is 11.3 Å². The van der Waals surface area contributed by atoms with Crippen molar-refractivity contribution in [2.24, 2.45) is 0 Å². The van der Waals surface area contributed by atoms with Crippen LogP contribution in [0.4, 0.5) is 11.5 Å². The third-order valence-electron chi connectivity index (χ3n) is 4.80. The molecule has 1 aliphatic rings. The summed E-state index contributed by atoms with van der Waals surface area (Å²) in [5, 5.41) is 2.78. The number of benzene rings is 1. The highest BCUT2D eigenvalue weighted by atomic mass is 16.5. The summed E-state index contributed by atoms with van der Waals surface area (Å²) in [6.07, 6.45) is 6.75. The van der Waals surface area contributed by atoms with Crippen LogP contribution in [-0.4, -0.2) is 42.2 Å². The van der Waals surface area contributed by atoms with Gasteiger partial charge in [-0.15, -0.1) is 0 Å². The zero-order valence-electron chi connectivity index (χ0n) is 17.1. The molecule has 0 spiro atoms. The summed E-state index contributed by atoms with van der Waals surface area (Å²) in [5.41, 5.74) is 2.80. The fraction of sp³-hybridized carbons (Fsp3) is 0.208. The normalized spacial score (nSPS) is 13.9. The molecule has 2 aromatic heterocycles. The van der Waals surface area contributed by atoms with Crippen LogP contribution in [0.2, 0.25) is 0 Å². The maximum Gasteiger partial charge on any atom is 0.249 e. The lowest BCUT2D eigenvalue weighted by molar-refractivity contribution is -0.111. The quantitative estimate of drug-likeness (QED) is 0.594. The van der Waals surface area contributed by atoms with Crippen molar-refractivity contribution in [3.8, 4) is 5.75 Å². The average Bonchev–Trinajstić information content (AvgIpc) is 2.84. The Bertz CT molecular complexity index is 999. The first kappa shape index (κ1) is 20.6. The first-order chi connectivity index (χ1) is 15.3. The first-order valence-electron chi connectivity index (χ1n) is 10.2. The van der Waals surface area contributed by atoms with E-state index < -0.39 is 0 Å². The predicted molar refractivity (Wildman–Crippen MR) is 120 cm³/mol. The molecule has 3 aromatic rings. The molecule has 1 aromatic carbocycles. The molecule has 0 aliphatic carbocycles. The van der Waals surface area contributed by atoms with Crippen LogP contribution in [-0.2, 0) is 16.1 Å². The second-order valence-electron chi connectivity index (χ2n) is 7.00. The maximum absolute atomic E-state index is 12.2. The number of nitrogens with one attached hydrogen (secondary N) is 1. The summed E-state index contributed by atoms with van der Waals surface area (Å²) >= 11 is 0. The minimum atomic E-state index is -0.234. The van der Waals surface area contributed by atoms with E-state index in [2.05, 4.69) is 20.2 Å². The minimum Gasteiger partial charge on any atom is -0.487 e. The van der Waals surface area contributed by atoms with Gasteiger partial charge < -0.3 is 19.7 Å². The number of anilines is 2. The molecule has 0 atom stereocenters. The topological polar surface area (TPSA) is 76.6 Å². The molecular weight excluding hydrogens is 392 g/mol. The van der Waals surface area contributed by atoms with Crippen molar-refractivity contribution in [2.45, 2.75) is 6.61 Å². The van der Waals surface area contributed by atoms with Gasteiger partial charge in [0.15, 0.2) is 0 Å². The summed E-state index contributed by atoms with van der Waals surface area (Å²) in [7, 11) is 0. The van der Waals surface area contributed by atoms with Gasteiger partial charge >= 0.3 is 0 Å². The molecule has 1 aliphatic heterocycles. The lowest BCUT2D eigenvalue weighted by atomic mass is 10.2. The monoisotopic (exact) mass is 416 g/mol. The molecule has 0 radical (unpaired) electrons. The molecule has 1 N–H and O–H groups in total. The van der Waals surface area contributed by atoms with Gasteiger partial charge in [-0.2, -0.15) is 0 Å². The number of aromatic nitrogens is 2. The molecule has 31 heavy (non-hydrogen) atoms. The van der Waals surface area contributed by atoms with Crippen LogP contribution in [0.5, 0.6) is 5.75 Å². The van der Waals surface area contributed by atoms with Gasteiger partial charge in [-0.1, -0.05) is 18.2 Å². The van der Waals surface area contributed by atoms with Crippen molar-refractivity contribution in [3.05, 3.63) is 84.3 Å². The average molecular weight is 416 g/mol. The number of amides is 1. The minimum absolute atomic E-state index is 0.234. The number of carbonyl (C=O) groups excluding carboxylic acids is 1. The zero-order valence-corrected chi connectivity index (χ0v) is 17.1. The van der Waals surface area contributed by atoms with E-state index in [1.807, 2.05) is 54.6 Å². The number of carbonyl (C=O) groups is 1. The molecule has 7 heteroatoms. The fourth-order valence-electron chi connectivity index (χ4n) is 3.12. The van der Waals surface area contributed by atoms with Crippen LogP contribution in [0.3, 0.4) is 0 Å². The summed E-state index contributed by atoms with van der Waals surface area (Å²) in [5.74, 6) is 1.03. The standard InChI is InChI=1S/C24H24N4O3/c29-24(27-23-10-7-21(17-26-23)28-13-15-30-16-14-28)11-6-19-4-8-22(9-5-19)31-18-20-3-1-2-12-25-20/h1-12,17H,13-16,18H2,(H,26,27,29)/b11-6+. The van der Waals surface area contributed by atoms with Crippen molar-refractivity contribution >= 4 is 23.5 Å².